The Kier molecular flexibility index (Phi) is 3.88. The van der Waals surface area contributed by atoms with Crippen molar-refractivity contribution in [1.29, 1.82) is 5.26 Å². The number of pyridine rings is 2. The van der Waals surface area contributed by atoms with Crippen molar-refractivity contribution in [2.24, 2.45) is 7.05 Å². The quantitative estimate of drug-likeness (QED) is 0.643. The molecule has 0 radical (unpaired) electrons. The summed E-state index contributed by atoms with van der Waals surface area (Å²) >= 11 is 0. The molecular weight excluding hydrogens is 364 g/mol. The number of fused-ring (bicyclic) bond motifs is 2. The van der Waals surface area contributed by atoms with Crippen LogP contribution in [0.1, 0.15) is 29.7 Å². The maximum atomic E-state index is 12.8. The van der Waals surface area contributed by atoms with Gasteiger partial charge in [0.05, 0.1) is 11.2 Å². The first kappa shape index (κ1) is 17.7. The molecule has 2 aromatic heterocycles. The average Bonchev–Trinajstić information content (AvgIpc) is 3.09. The summed E-state index contributed by atoms with van der Waals surface area (Å²) < 4.78 is 7.87. The summed E-state index contributed by atoms with van der Waals surface area (Å²) in [4.78, 5) is 19.7. The molecule has 0 saturated carbocycles. The van der Waals surface area contributed by atoms with Gasteiger partial charge in [-0.15, -0.1) is 0 Å². The number of piperidine rings is 1. The molecule has 2 aliphatic rings. The number of hydrogen-bond acceptors (Lipinski definition) is 5. The topological polar surface area (TPSA) is 71.2 Å². The third-order valence-corrected chi connectivity index (χ3v) is 6.27. The van der Waals surface area contributed by atoms with Crippen molar-refractivity contribution in [3.05, 3.63) is 63.6 Å². The SMILES string of the molecule is Cc1ccc2c(n1)c(N1CCC3(CC1)Cc1ccccc1O3)c(C#N)c(=O)n2C. The van der Waals surface area contributed by atoms with Crippen molar-refractivity contribution in [1.82, 2.24) is 9.55 Å². The summed E-state index contributed by atoms with van der Waals surface area (Å²) in [6.07, 6.45) is 2.60. The van der Waals surface area contributed by atoms with E-state index in [4.69, 9.17) is 9.72 Å². The lowest BCUT2D eigenvalue weighted by molar-refractivity contribution is 0.0668. The molecule has 0 N–H and O–H groups in total. The van der Waals surface area contributed by atoms with E-state index in [0.29, 0.717) is 5.69 Å². The van der Waals surface area contributed by atoms with Crippen LogP contribution < -0.4 is 15.2 Å². The van der Waals surface area contributed by atoms with Gasteiger partial charge in [-0.2, -0.15) is 5.26 Å². The maximum absolute atomic E-state index is 12.8. The van der Waals surface area contributed by atoms with E-state index in [9.17, 15) is 10.1 Å². The van der Waals surface area contributed by atoms with Gasteiger partial charge in [-0.3, -0.25) is 4.79 Å². The zero-order valence-corrected chi connectivity index (χ0v) is 16.6. The monoisotopic (exact) mass is 386 g/mol. The molecule has 4 heterocycles. The van der Waals surface area contributed by atoms with Crippen molar-refractivity contribution < 1.29 is 4.74 Å². The smallest absolute Gasteiger partial charge is 0.270 e. The highest BCUT2D eigenvalue weighted by Gasteiger charge is 2.42. The summed E-state index contributed by atoms with van der Waals surface area (Å²) in [6, 6.07) is 14.2. The second-order valence-electron chi connectivity index (χ2n) is 8.08. The number of nitrogens with zero attached hydrogens (tertiary/aromatic N) is 4. The van der Waals surface area contributed by atoms with Gasteiger partial charge in [-0.25, -0.2) is 4.98 Å². The first-order valence-electron chi connectivity index (χ1n) is 9.94. The van der Waals surface area contributed by atoms with Crippen molar-refractivity contribution in [3.8, 4) is 11.8 Å². The van der Waals surface area contributed by atoms with Crippen LogP contribution in [0.2, 0.25) is 0 Å². The molecule has 1 fully saturated rings. The van der Waals surface area contributed by atoms with E-state index >= 15 is 0 Å². The molecule has 0 aliphatic carbocycles. The van der Waals surface area contributed by atoms with Crippen LogP contribution in [0.5, 0.6) is 5.75 Å². The van der Waals surface area contributed by atoms with Crippen molar-refractivity contribution >= 4 is 16.7 Å². The fourth-order valence-electron chi connectivity index (χ4n) is 4.68. The van der Waals surface area contributed by atoms with Crippen LogP contribution in [0.25, 0.3) is 11.0 Å². The minimum Gasteiger partial charge on any atom is -0.487 e. The highest BCUT2D eigenvalue weighted by molar-refractivity contribution is 5.91. The lowest BCUT2D eigenvalue weighted by atomic mass is 9.86. The van der Waals surface area contributed by atoms with E-state index in [-0.39, 0.29) is 16.7 Å². The summed E-state index contributed by atoms with van der Waals surface area (Å²) in [5.41, 5.74) is 3.97. The van der Waals surface area contributed by atoms with Crippen LogP contribution in [0, 0.1) is 18.3 Å². The number of nitriles is 1. The number of benzene rings is 1. The lowest BCUT2D eigenvalue weighted by Crippen LogP contribution is -2.48. The number of aromatic nitrogens is 2. The number of para-hydroxylation sites is 1. The van der Waals surface area contributed by atoms with Crippen LogP contribution in [0.15, 0.2) is 41.2 Å². The molecule has 5 rings (SSSR count). The van der Waals surface area contributed by atoms with E-state index in [1.54, 1.807) is 7.05 Å². The Morgan fingerprint density at radius 3 is 2.66 bits per heavy atom. The molecule has 1 saturated heterocycles. The van der Waals surface area contributed by atoms with Crippen molar-refractivity contribution in [2.75, 3.05) is 18.0 Å². The van der Waals surface area contributed by atoms with E-state index < -0.39 is 0 Å². The number of hydrogen-bond donors (Lipinski definition) is 0. The molecule has 1 spiro atoms. The highest BCUT2D eigenvalue weighted by Crippen LogP contribution is 2.42. The van der Waals surface area contributed by atoms with Gasteiger partial charge in [0.1, 0.15) is 28.5 Å². The maximum Gasteiger partial charge on any atom is 0.270 e. The normalized spacial score (nSPS) is 17.2. The largest absolute Gasteiger partial charge is 0.487 e. The molecule has 3 aromatic rings. The third-order valence-electron chi connectivity index (χ3n) is 6.27. The molecule has 1 aromatic carbocycles. The summed E-state index contributed by atoms with van der Waals surface area (Å²) in [5.74, 6) is 0.981. The van der Waals surface area contributed by atoms with E-state index in [0.717, 1.165) is 54.8 Å². The average molecular weight is 386 g/mol. The lowest BCUT2D eigenvalue weighted by Gasteiger charge is -2.40. The minimum absolute atomic E-state index is 0.171. The summed E-state index contributed by atoms with van der Waals surface area (Å²) in [6.45, 7) is 3.37. The Balaban J connectivity index is 1.53. The van der Waals surface area contributed by atoms with Crippen LogP contribution in [-0.2, 0) is 13.5 Å². The van der Waals surface area contributed by atoms with Crippen LogP contribution in [0.4, 0.5) is 5.69 Å². The van der Waals surface area contributed by atoms with Gasteiger partial charge >= 0.3 is 0 Å². The van der Waals surface area contributed by atoms with Gasteiger partial charge in [-0.1, -0.05) is 18.2 Å². The van der Waals surface area contributed by atoms with Crippen LogP contribution in [0.3, 0.4) is 0 Å². The number of aryl methyl sites for hydroxylation is 2. The van der Waals surface area contributed by atoms with Crippen LogP contribution >= 0.6 is 0 Å². The van der Waals surface area contributed by atoms with Gasteiger partial charge in [0.25, 0.3) is 5.56 Å². The first-order valence-corrected chi connectivity index (χ1v) is 9.94. The molecule has 0 bridgehead atoms. The Morgan fingerprint density at radius 1 is 1.17 bits per heavy atom. The number of rotatable bonds is 1. The zero-order chi connectivity index (χ0) is 20.2. The third kappa shape index (κ3) is 2.69. The number of ether oxygens (including phenoxy) is 1. The predicted octanol–water partition coefficient (Wildman–Crippen LogP) is 3.09. The Hall–Kier alpha value is -3.33. The molecule has 146 valence electrons. The zero-order valence-electron chi connectivity index (χ0n) is 16.6. The van der Waals surface area contributed by atoms with E-state index in [1.807, 2.05) is 31.2 Å². The summed E-state index contributed by atoms with van der Waals surface area (Å²) in [7, 11) is 1.70. The standard InChI is InChI=1S/C23H22N4O2/c1-15-7-8-18-20(25-15)21(17(14-24)22(28)26(18)2)27-11-9-23(10-12-27)13-16-5-3-4-6-19(16)29-23/h3-8H,9-13H2,1-2H3. The van der Waals surface area contributed by atoms with Gasteiger partial charge in [0.15, 0.2) is 0 Å². The highest BCUT2D eigenvalue weighted by atomic mass is 16.5. The van der Waals surface area contributed by atoms with Crippen molar-refractivity contribution in [3.63, 3.8) is 0 Å². The fourth-order valence-corrected chi connectivity index (χ4v) is 4.68. The Labute approximate surface area is 169 Å². The molecule has 6 heteroatoms. The Morgan fingerprint density at radius 2 is 1.93 bits per heavy atom. The molecule has 2 aliphatic heterocycles. The molecule has 0 atom stereocenters. The summed E-state index contributed by atoms with van der Waals surface area (Å²) in [5, 5.41) is 9.76. The second kappa shape index (κ2) is 6.35. The molecule has 0 amide bonds. The predicted molar refractivity (Wildman–Crippen MR) is 111 cm³/mol. The van der Waals surface area contributed by atoms with Gasteiger partial charge < -0.3 is 14.2 Å². The second-order valence-corrected chi connectivity index (χ2v) is 8.08. The van der Waals surface area contributed by atoms with Gasteiger partial charge in [0.2, 0.25) is 0 Å². The van der Waals surface area contributed by atoms with Crippen LogP contribution in [-0.4, -0.2) is 28.2 Å². The fraction of sp³-hybridized carbons (Fsp3) is 0.348. The van der Waals surface area contributed by atoms with Gasteiger partial charge in [0, 0.05) is 45.1 Å². The van der Waals surface area contributed by atoms with Crippen molar-refractivity contribution in [2.45, 2.75) is 31.8 Å². The molecule has 29 heavy (non-hydrogen) atoms. The Bertz CT molecular complexity index is 1200. The first-order chi connectivity index (χ1) is 14.0. The minimum atomic E-state index is -0.273. The molecular formula is C23H22N4O2. The van der Waals surface area contributed by atoms with Gasteiger partial charge in [-0.05, 0) is 30.7 Å². The number of anilines is 1. The molecule has 6 nitrogen and oxygen atoms in total. The van der Waals surface area contributed by atoms with E-state index in [2.05, 4.69) is 23.1 Å². The van der Waals surface area contributed by atoms with E-state index in [1.165, 1.54) is 10.1 Å². The molecule has 0 unspecified atom stereocenters.